The van der Waals surface area contributed by atoms with Crippen LogP contribution in [0.5, 0.6) is 5.75 Å². The van der Waals surface area contributed by atoms with E-state index in [1.54, 1.807) is 24.3 Å². The van der Waals surface area contributed by atoms with Crippen molar-refractivity contribution in [3.05, 3.63) is 59.7 Å². The highest BCUT2D eigenvalue weighted by Gasteiger charge is 2.33. The first-order valence-corrected chi connectivity index (χ1v) is 13.7. The molecular weight excluding hydrogens is 452 g/mol. The summed E-state index contributed by atoms with van der Waals surface area (Å²) in [4.78, 5) is 15.7. The van der Waals surface area contributed by atoms with Crippen molar-refractivity contribution >= 4 is 21.3 Å². The largest absolute Gasteiger partial charge is 0.491 e. The number of ketones is 1. The lowest BCUT2D eigenvalue weighted by atomic mass is 10.1. The Hall–Kier alpha value is -2.42. The summed E-state index contributed by atoms with van der Waals surface area (Å²) < 4.78 is 29.9. The molecule has 0 saturated carbocycles. The standard InChI is InChI=1S/C26H36N2O5S/c1-4-27(5-2)23-10-6-21(7-11-23)16-28(24-14-15-34(31,32)19-24)17-25(30)18-33-26-12-8-22(9-13-26)20(3)29/h6-13,24-25,30H,4-5,14-19H2,1-3H3. The van der Waals surface area contributed by atoms with Gasteiger partial charge in [0.25, 0.3) is 0 Å². The van der Waals surface area contributed by atoms with Crippen LogP contribution in [0.4, 0.5) is 5.69 Å². The second-order valence-electron chi connectivity index (χ2n) is 8.87. The van der Waals surface area contributed by atoms with E-state index in [9.17, 15) is 18.3 Å². The first-order valence-electron chi connectivity index (χ1n) is 11.9. The molecule has 1 heterocycles. The molecule has 0 bridgehead atoms. The molecule has 7 nitrogen and oxygen atoms in total. The molecule has 0 radical (unpaired) electrons. The summed E-state index contributed by atoms with van der Waals surface area (Å²) in [5.41, 5.74) is 2.84. The second kappa shape index (κ2) is 11.8. The quantitative estimate of drug-likeness (QED) is 0.459. The number of nitrogens with zero attached hydrogens (tertiary/aromatic N) is 2. The van der Waals surface area contributed by atoms with Crippen LogP contribution in [-0.2, 0) is 16.4 Å². The van der Waals surface area contributed by atoms with Gasteiger partial charge < -0.3 is 14.7 Å². The summed E-state index contributed by atoms with van der Waals surface area (Å²) in [6.45, 7) is 8.58. The summed E-state index contributed by atoms with van der Waals surface area (Å²) in [7, 11) is -3.05. The van der Waals surface area contributed by atoms with Crippen LogP contribution in [0.3, 0.4) is 0 Å². The molecule has 2 aromatic rings. The van der Waals surface area contributed by atoms with Gasteiger partial charge in [0.15, 0.2) is 15.6 Å². The summed E-state index contributed by atoms with van der Waals surface area (Å²) in [5, 5.41) is 10.7. The normalized spacial score (nSPS) is 18.1. The Bertz CT molecular complexity index is 1030. The van der Waals surface area contributed by atoms with Crippen LogP contribution in [0.1, 0.15) is 43.1 Å². The van der Waals surface area contributed by atoms with Crippen molar-refractivity contribution in [2.75, 3.05) is 42.6 Å². The van der Waals surface area contributed by atoms with Crippen LogP contribution in [0.15, 0.2) is 48.5 Å². The van der Waals surface area contributed by atoms with Gasteiger partial charge in [-0.1, -0.05) is 12.1 Å². The van der Waals surface area contributed by atoms with E-state index in [0.29, 0.717) is 30.8 Å². The van der Waals surface area contributed by atoms with Gasteiger partial charge in [-0.15, -0.1) is 0 Å². The molecule has 2 atom stereocenters. The molecule has 1 aliphatic rings. The molecule has 2 unspecified atom stereocenters. The highest BCUT2D eigenvalue weighted by molar-refractivity contribution is 7.91. The maximum absolute atomic E-state index is 12.1. The molecule has 1 aliphatic heterocycles. The zero-order valence-corrected chi connectivity index (χ0v) is 21.1. The number of sulfone groups is 1. The average molecular weight is 489 g/mol. The minimum Gasteiger partial charge on any atom is -0.491 e. The van der Waals surface area contributed by atoms with Crippen molar-refractivity contribution in [2.24, 2.45) is 0 Å². The monoisotopic (exact) mass is 488 g/mol. The second-order valence-corrected chi connectivity index (χ2v) is 11.1. The lowest BCUT2D eigenvalue weighted by Crippen LogP contribution is -2.42. The third kappa shape index (κ3) is 7.29. The number of carbonyl (C=O) groups excluding carboxylic acids is 1. The average Bonchev–Trinajstić information content (AvgIpc) is 3.19. The maximum Gasteiger partial charge on any atom is 0.159 e. The Morgan fingerprint density at radius 1 is 1.09 bits per heavy atom. The number of aliphatic hydroxyl groups excluding tert-OH is 1. The van der Waals surface area contributed by atoms with E-state index in [0.717, 1.165) is 24.3 Å². The zero-order valence-electron chi connectivity index (χ0n) is 20.3. The molecule has 0 aromatic heterocycles. The third-order valence-corrected chi connectivity index (χ3v) is 8.07. The minimum absolute atomic E-state index is 0.0149. The number of aliphatic hydroxyl groups is 1. The predicted molar refractivity (Wildman–Crippen MR) is 135 cm³/mol. The number of benzene rings is 2. The van der Waals surface area contributed by atoms with E-state index in [4.69, 9.17) is 4.74 Å². The van der Waals surface area contributed by atoms with E-state index in [-0.39, 0.29) is 29.9 Å². The molecule has 1 fully saturated rings. The highest BCUT2D eigenvalue weighted by atomic mass is 32.2. The fourth-order valence-corrected chi connectivity index (χ4v) is 6.10. The first-order chi connectivity index (χ1) is 16.2. The fraction of sp³-hybridized carbons (Fsp3) is 0.500. The highest BCUT2D eigenvalue weighted by Crippen LogP contribution is 2.22. The molecule has 0 spiro atoms. The smallest absolute Gasteiger partial charge is 0.159 e. The number of Topliss-reactive ketones (excluding diaryl/α,β-unsaturated/α-hetero) is 1. The molecule has 34 heavy (non-hydrogen) atoms. The molecule has 1 N–H and O–H groups in total. The van der Waals surface area contributed by atoms with E-state index in [1.807, 2.05) is 0 Å². The summed E-state index contributed by atoms with van der Waals surface area (Å²) in [6, 6.07) is 15.0. The summed E-state index contributed by atoms with van der Waals surface area (Å²) in [5.74, 6) is 0.860. The summed E-state index contributed by atoms with van der Waals surface area (Å²) in [6.07, 6.45) is -0.217. The lowest BCUT2D eigenvalue weighted by Gasteiger charge is -2.30. The molecule has 0 aliphatic carbocycles. The van der Waals surface area contributed by atoms with Crippen LogP contribution in [0.2, 0.25) is 0 Å². The van der Waals surface area contributed by atoms with Crippen LogP contribution in [0, 0.1) is 0 Å². The SMILES string of the molecule is CCN(CC)c1ccc(CN(CC(O)COc2ccc(C(C)=O)cc2)C2CCS(=O)(=O)C2)cc1. The molecule has 186 valence electrons. The van der Waals surface area contributed by atoms with Gasteiger partial charge in [0.05, 0.1) is 11.5 Å². The Morgan fingerprint density at radius 3 is 2.26 bits per heavy atom. The van der Waals surface area contributed by atoms with Gasteiger partial charge in [-0.2, -0.15) is 0 Å². The number of hydrogen-bond acceptors (Lipinski definition) is 7. The van der Waals surface area contributed by atoms with Crippen molar-refractivity contribution in [1.29, 1.82) is 0 Å². The Morgan fingerprint density at radius 2 is 1.74 bits per heavy atom. The van der Waals surface area contributed by atoms with Crippen LogP contribution < -0.4 is 9.64 Å². The van der Waals surface area contributed by atoms with Crippen molar-refractivity contribution < 1.29 is 23.1 Å². The molecule has 2 aromatic carbocycles. The van der Waals surface area contributed by atoms with Gasteiger partial charge >= 0.3 is 0 Å². The van der Waals surface area contributed by atoms with Gasteiger partial charge in [-0.05, 0) is 69.2 Å². The van der Waals surface area contributed by atoms with Gasteiger partial charge in [0, 0.05) is 43.5 Å². The van der Waals surface area contributed by atoms with Crippen LogP contribution in [-0.4, -0.2) is 74.1 Å². The zero-order chi connectivity index (χ0) is 24.7. The minimum atomic E-state index is -3.05. The van der Waals surface area contributed by atoms with E-state index in [1.165, 1.54) is 6.92 Å². The lowest BCUT2D eigenvalue weighted by molar-refractivity contribution is 0.0524. The molecule has 1 saturated heterocycles. The summed E-state index contributed by atoms with van der Waals surface area (Å²) >= 11 is 0. The van der Waals surface area contributed by atoms with E-state index >= 15 is 0 Å². The maximum atomic E-state index is 12.1. The van der Waals surface area contributed by atoms with Gasteiger partial charge in [0.1, 0.15) is 18.5 Å². The van der Waals surface area contributed by atoms with Crippen LogP contribution in [0.25, 0.3) is 0 Å². The van der Waals surface area contributed by atoms with Crippen molar-refractivity contribution in [2.45, 2.75) is 45.9 Å². The van der Waals surface area contributed by atoms with Crippen LogP contribution >= 0.6 is 0 Å². The Labute approximate surface area is 203 Å². The van der Waals surface area contributed by atoms with Gasteiger partial charge in [0.2, 0.25) is 0 Å². The van der Waals surface area contributed by atoms with Crippen molar-refractivity contribution in [3.63, 3.8) is 0 Å². The number of carbonyl (C=O) groups is 1. The molecular formula is C26H36N2O5S. The Kier molecular flexibility index (Phi) is 9.10. The van der Waals surface area contributed by atoms with Gasteiger partial charge in [-0.25, -0.2) is 8.42 Å². The number of ether oxygens (including phenoxy) is 1. The van der Waals surface area contributed by atoms with Gasteiger partial charge in [-0.3, -0.25) is 9.69 Å². The molecule has 0 amide bonds. The molecule has 8 heteroatoms. The molecule has 3 rings (SSSR count). The number of anilines is 1. The van der Waals surface area contributed by atoms with E-state index in [2.05, 4.69) is 47.9 Å². The number of rotatable bonds is 12. The fourth-order valence-electron chi connectivity index (χ4n) is 4.34. The third-order valence-electron chi connectivity index (χ3n) is 6.32. The van der Waals surface area contributed by atoms with Crippen molar-refractivity contribution in [3.8, 4) is 5.75 Å². The Balaban J connectivity index is 1.65. The topological polar surface area (TPSA) is 87.2 Å². The van der Waals surface area contributed by atoms with Crippen molar-refractivity contribution in [1.82, 2.24) is 4.90 Å². The first kappa shape index (κ1) is 26.2. The van der Waals surface area contributed by atoms with E-state index < -0.39 is 15.9 Å². The number of hydrogen-bond donors (Lipinski definition) is 1. The predicted octanol–water partition coefficient (Wildman–Crippen LogP) is 3.16.